The van der Waals surface area contributed by atoms with Gasteiger partial charge in [-0.1, -0.05) is 0 Å². The first-order valence-corrected chi connectivity index (χ1v) is 8.68. The number of pyridine rings is 1. The molecule has 3 saturated heterocycles. The quantitative estimate of drug-likeness (QED) is 0.900. The van der Waals surface area contributed by atoms with Crippen LogP contribution in [0.4, 0.5) is 13.2 Å². The third-order valence-corrected chi connectivity index (χ3v) is 6.36. The van der Waals surface area contributed by atoms with E-state index in [2.05, 4.69) is 9.88 Å². The lowest BCUT2D eigenvalue weighted by molar-refractivity contribution is -0.135. The van der Waals surface area contributed by atoms with Crippen LogP contribution in [0.5, 0.6) is 0 Å². The number of fused-ring (bicyclic) bond motifs is 4. The van der Waals surface area contributed by atoms with Gasteiger partial charge < -0.3 is 10.6 Å². The molecule has 0 unspecified atom stereocenters. The summed E-state index contributed by atoms with van der Waals surface area (Å²) >= 11 is 0.692. The van der Waals surface area contributed by atoms with Gasteiger partial charge >= 0.3 is 6.18 Å². The molecule has 5 heterocycles. The number of aromatic nitrogens is 1. The molecule has 2 bridgehead atoms. The van der Waals surface area contributed by atoms with Gasteiger partial charge in [-0.3, -0.25) is 9.78 Å². The number of hydrogen-bond acceptors (Lipinski definition) is 4. The average molecular weight is 355 g/mol. The molecule has 2 aromatic rings. The molecule has 0 spiro atoms. The smallest absolute Gasteiger partial charge is 0.364 e. The molecule has 0 aliphatic carbocycles. The predicted molar refractivity (Wildman–Crippen MR) is 85.0 cm³/mol. The average Bonchev–Trinajstić information content (AvgIpc) is 2.94. The highest BCUT2D eigenvalue weighted by Crippen LogP contribution is 2.50. The lowest BCUT2D eigenvalue weighted by Crippen LogP contribution is -2.46. The minimum Gasteiger partial charge on any atom is -0.364 e. The Balaban J connectivity index is 1.90. The second kappa shape index (κ2) is 5.42. The molecule has 4 nitrogen and oxygen atoms in total. The summed E-state index contributed by atoms with van der Waals surface area (Å²) in [6.07, 6.45) is -1.15. The van der Waals surface area contributed by atoms with Crippen LogP contribution in [0, 0.1) is 5.92 Å². The second-order valence-corrected chi connectivity index (χ2v) is 7.57. The molecule has 2 N–H and O–H groups in total. The fourth-order valence-corrected chi connectivity index (χ4v) is 5.17. The van der Waals surface area contributed by atoms with Gasteiger partial charge in [0.2, 0.25) is 0 Å². The van der Waals surface area contributed by atoms with Crippen molar-refractivity contribution in [2.45, 2.75) is 24.9 Å². The minimum absolute atomic E-state index is 0.00191. The van der Waals surface area contributed by atoms with Gasteiger partial charge in [-0.25, -0.2) is 0 Å². The first-order chi connectivity index (χ1) is 11.3. The van der Waals surface area contributed by atoms with E-state index in [1.54, 1.807) is 0 Å². The summed E-state index contributed by atoms with van der Waals surface area (Å²) in [5.74, 6) is -0.577. The number of halogens is 3. The molecule has 1 amide bonds. The summed E-state index contributed by atoms with van der Waals surface area (Å²) in [5.41, 5.74) is 5.56. The lowest BCUT2D eigenvalue weighted by atomic mass is 9.75. The molecule has 5 rings (SSSR count). The van der Waals surface area contributed by atoms with E-state index in [0.29, 0.717) is 33.5 Å². The summed E-state index contributed by atoms with van der Waals surface area (Å²) in [6, 6.07) is 1.38. The largest absolute Gasteiger partial charge is 0.425 e. The number of primary amides is 1. The molecule has 2 aromatic heterocycles. The van der Waals surface area contributed by atoms with Gasteiger partial charge in [0.25, 0.3) is 5.91 Å². The SMILES string of the molecule is NC(=O)c1cc2sc(C(F)(F)F)c([C@@H]3CN4CCC3CC4)c2cn1. The van der Waals surface area contributed by atoms with Crippen LogP contribution >= 0.6 is 11.3 Å². The van der Waals surface area contributed by atoms with E-state index < -0.39 is 17.0 Å². The Morgan fingerprint density at radius 3 is 2.58 bits per heavy atom. The maximum atomic E-state index is 13.6. The van der Waals surface area contributed by atoms with Crippen molar-refractivity contribution in [2.75, 3.05) is 19.6 Å². The summed E-state index contributed by atoms with van der Waals surface area (Å²) in [4.78, 5) is 16.9. The second-order valence-electron chi connectivity index (χ2n) is 6.52. The van der Waals surface area contributed by atoms with Crippen LogP contribution in [0.1, 0.15) is 39.7 Å². The topological polar surface area (TPSA) is 59.2 Å². The third-order valence-electron chi connectivity index (χ3n) is 5.15. The van der Waals surface area contributed by atoms with Crippen LogP contribution in [0.3, 0.4) is 0 Å². The minimum atomic E-state index is -4.40. The van der Waals surface area contributed by atoms with Crippen molar-refractivity contribution < 1.29 is 18.0 Å². The monoisotopic (exact) mass is 355 g/mol. The first kappa shape index (κ1) is 15.8. The van der Waals surface area contributed by atoms with E-state index in [1.165, 1.54) is 12.3 Å². The molecule has 8 heteroatoms. The molecule has 0 saturated carbocycles. The molecule has 1 atom stereocenters. The van der Waals surface area contributed by atoms with Crippen molar-refractivity contribution in [2.24, 2.45) is 11.7 Å². The fourth-order valence-electron chi connectivity index (χ4n) is 4.02. The zero-order valence-corrected chi connectivity index (χ0v) is 13.6. The molecule has 128 valence electrons. The Bertz CT molecular complexity index is 809. The highest BCUT2D eigenvalue weighted by atomic mass is 32.1. The summed E-state index contributed by atoms with van der Waals surface area (Å²) in [5, 5.41) is 0.510. The summed E-state index contributed by atoms with van der Waals surface area (Å²) < 4.78 is 41.3. The molecular formula is C16H16F3N3OS. The van der Waals surface area contributed by atoms with Gasteiger partial charge in [-0.2, -0.15) is 13.2 Å². The lowest BCUT2D eigenvalue weighted by Gasteiger charge is -2.45. The Kier molecular flexibility index (Phi) is 3.58. The van der Waals surface area contributed by atoms with Crippen molar-refractivity contribution >= 4 is 27.3 Å². The molecule has 3 aliphatic heterocycles. The van der Waals surface area contributed by atoms with Crippen LogP contribution in [0.15, 0.2) is 12.3 Å². The number of carbonyl (C=O) groups is 1. The zero-order valence-electron chi connectivity index (χ0n) is 12.8. The van der Waals surface area contributed by atoms with Crippen LogP contribution in [0.25, 0.3) is 10.1 Å². The molecule has 3 aliphatic rings. The van der Waals surface area contributed by atoms with E-state index in [-0.39, 0.29) is 17.5 Å². The van der Waals surface area contributed by atoms with Gasteiger partial charge in [-0.05, 0) is 43.5 Å². The van der Waals surface area contributed by atoms with Gasteiger partial charge in [0.1, 0.15) is 10.6 Å². The van der Waals surface area contributed by atoms with E-state index >= 15 is 0 Å². The highest BCUT2D eigenvalue weighted by molar-refractivity contribution is 7.19. The van der Waals surface area contributed by atoms with Gasteiger partial charge in [0.15, 0.2) is 0 Å². The van der Waals surface area contributed by atoms with E-state index in [0.717, 1.165) is 25.9 Å². The molecule has 3 fully saturated rings. The standard InChI is InChI=1S/C16H16F3N3OS/c17-16(18,19)14-13(10-7-22-3-1-8(10)2-4-22)9-6-21-11(15(20)23)5-12(9)24-14/h5-6,8,10H,1-4,7H2,(H2,20,23)/t10-/m1/s1. The van der Waals surface area contributed by atoms with Gasteiger partial charge in [0, 0.05) is 28.7 Å². The van der Waals surface area contributed by atoms with Crippen LogP contribution in [0.2, 0.25) is 0 Å². The number of hydrogen-bond donors (Lipinski definition) is 1. The van der Waals surface area contributed by atoms with Crippen molar-refractivity contribution in [1.82, 2.24) is 9.88 Å². The number of thiophene rings is 1. The van der Waals surface area contributed by atoms with Crippen LogP contribution in [-0.4, -0.2) is 35.4 Å². The maximum absolute atomic E-state index is 13.6. The number of nitrogens with zero attached hydrogens (tertiary/aromatic N) is 2. The Hall–Kier alpha value is -1.67. The number of amides is 1. The van der Waals surface area contributed by atoms with Crippen LogP contribution < -0.4 is 5.73 Å². The summed E-state index contributed by atoms with van der Waals surface area (Å²) in [6.45, 7) is 2.60. The van der Waals surface area contributed by atoms with Crippen LogP contribution in [-0.2, 0) is 6.18 Å². The summed E-state index contributed by atoms with van der Waals surface area (Å²) in [7, 11) is 0. The predicted octanol–water partition coefficient (Wildman–Crippen LogP) is 3.22. The van der Waals surface area contributed by atoms with Crippen molar-refractivity contribution in [3.8, 4) is 0 Å². The Morgan fingerprint density at radius 2 is 2.04 bits per heavy atom. The number of carbonyl (C=O) groups excluding carboxylic acids is 1. The fraction of sp³-hybridized carbons (Fsp3) is 0.500. The Morgan fingerprint density at radius 1 is 1.33 bits per heavy atom. The number of nitrogens with two attached hydrogens (primary N) is 1. The molecule has 0 radical (unpaired) electrons. The van der Waals surface area contributed by atoms with Gasteiger partial charge in [-0.15, -0.1) is 11.3 Å². The number of alkyl halides is 3. The van der Waals surface area contributed by atoms with Crippen molar-refractivity contribution in [3.05, 3.63) is 28.4 Å². The van der Waals surface area contributed by atoms with Gasteiger partial charge in [0.05, 0.1) is 0 Å². The molecular weight excluding hydrogens is 339 g/mol. The zero-order chi connectivity index (χ0) is 17.1. The number of piperidine rings is 3. The molecule has 24 heavy (non-hydrogen) atoms. The normalized spacial score (nSPS) is 26.9. The van der Waals surface area contributed by atoms with Crippen molar-refractivity contribution in [3.63, 3.8) is 0 Å². The van der Waals surface area contributed by atoms with E-state index in [9.17, 15) is 18.0 Å². The first-order valence-electron chi connectivity index (χ1n) is 7.86. The van der Waals surface area contributed by atoms with E-state index in [1.807, 2.05) is 0 Å². The highest BCUT2D eigenvalue weighted by Gasteiger charge is 2.43. The number of rotatable bonds is 2. The van der Waals surface area contributed by atoms with E-state index in [4.69, 9.17) is 5.73 Å². The maximum Gasteiger partial charge on any atom is 0.425 e. The molecule has 0 aromatic carbocycles. The van der Waals surface area contributed by atoms with Crippen molar-refractivity contribution in [1.29, 1.82) is 0 Å². The third kappa shape index (κ3) is 2.48. The Labute approximate surface area is 140 Å².